The fourth-order valence-corrected chi connectivity index (χ4v) is 2.27. The lowest BCUT2D eigenvalue weighted by Crippen LogP contribution is -2.38. The Labute approximate surface area is 126 Å². The quantitative estimate of drug-likeness (QED) is 0.575. The highest BCUT2D eigenvalue weighted by Crippen LogP contribution is 2.19. The first-order valence-corrected chi connectivity index (χ1v) is 7.18. The van der Waals surface area contributed by atoms with Gasteiger partial charge in [0.05, 0.1) is 6.61 Å². The van der Waals surface area contributed by atoms with Crippen LogP contribution in [0.2, 0.25) is 0 Å². The molecule has 2 aromatic carbocycles. The first-order chi connectivity index (χ1) is 10.2. The van der Waals surface area contributed by atoms with Crippen molar-refractivity contribution in [1.82, 2.24) is 0 Å². The van der Waals surface area contributed by atoms with Gasteiger partial charge < -0.3 is 9.64 Å². The van der Waals surface area contributed by atoms with Gasteiger partial charge in [-0.2, -0.15) is 0 Å². The van der Waals surface area contributed by atoms with Gasteiger partial charge in [0.2, 0.25) is 0 Å². The molecule has 2 aromatic rings. The number of carbonyl (C=O) groups is 1. The molecule has 2 rings (SSSR count). The van der Waals surface area contributed by atoms with Gasteiger partial charge in [-0.1, -0.05) is 42.5 Å². The summed E-state index contributed by atoms with van der Waals surface area (Å²) in [5.41, 5.74) is 3.23. The fraction of sp³-hybridized carbons (Fsp3) is 0.278. The van der Waals surface area contributed by atoms with E-state index in [0.717, 1.165) is 17.5 Å². The lowest BCUT2D eigenvalue weighted by atomic mass is 10.2. The molecule has 0 N–H and O–H groups in total. The van der Waals surface area contributed by atoms with Crippen LogP contribution in [0, 0.1) is 6.92 Å². The minimum atomic E-state index is -0.572. The predicted octanol–water partition coefficient (Wildman–Crippen LogP) is 3.56. The van der Waals surface area contributed by atoms with Crippen molar-refractivity contribution in [1.29, 1.82) is 0 Å². The molecule has 0 aliphatic carbocycles. The summed E-state index contributed by atoms with van der Waals surface area (Å²) < 4.78 is 5.78. The maximum atomic E-state index is 11.4. The lowest BCUT2D eigenvalue weighted by molar-refractivity contribution is -0.118. The first kappa shape index (κ1) is 15.3. The fourth-order valence-electron chi connectivity index (χ4n) is 2.27. The van der Waals surface area contributed by atoms with Crippen LogP contribution < -0.4 is 4.90 Å². The molecule has 0 aliphatic rings. The first-order valence-electron chi connectivity index (χ1n) is 7.18. The maximum absolute atomic E-state index is 11.4. The van der Waals surface area contributed by atoms with E-state index in [2.05, 4.69) is 6.07 Å². The van der Waals surface area contributed by atoms with Gasteiger partial charge in [0.15, 0.2) is 12.5 Å². The van der Waals surface area contributed by atoms with Crippen molar-refractivity contribution in [3.05, 3.63) is 65.7 Å². The lowest BCUT2D eigenvalue weighted by Gasteiger charge is -2.29. The van der Waals surface area contributed by atoms with E-state index in [1.807, 2.05) is 67.3 Å². The molecule has 0 saturated heterocycles. The molecule has 0 amide bonds. The average molecular weight is 283 g/mol. The molecule has 1 unspecified atom stereocenters. The van der Waals surface area contributed by atoms with Crippen LogP contribution in [0.3, 0.4) is 0 Å². The highest BCUT2D eigenvalue weighted by molar-refractivity contribution is 5.64. The summed E-state index contributed by atoms with van der Waals surface area (Å²) in [4.78, 5) is 13.4. The van der Waals surface area contributed by atoms with Gasteiger partial charge in [0.25, 0.3) is 0 Å². The molecule has 110 valence electrons. The van der Waals surface area contributed by atoms with Crippen molar-refractivity contribution >= 4 is 12.0 Å². The zero-order valence-electron chi connectivity index (χ0n) is 12.5. The topological polar surface area (TPSA) is 29.5 Å². The number of likely N-dealkylation sites (N-methyl/N-ethyl adjacent to an activating group) is 1. The summed E-state index contributed by atoms with van der Waals surface area (Å²) >= 11 is 0. The monoisotopic (exact) mass is 283 g/mol. The minimum Gasteiger partial charge on any atom is -0.347 e. The van der Waals surface area contributed by atoms with Crippen molar-refractivity contribution < 1.29 is 9.53 Å². The summed E-state index contributed by atoms with van der Waals surface area (Å²) in [5.74, 6) is 0. The molecule has 0 saturated carbocycles. The Kier molecular flexibility index (Phi) is 5.52. The number of ether oxygens (including phenoxy) is 1. The van der Waals surface area contributed by atoms with Gasteiger partial charge in [0.1, 0.15) is 0 Å². The third-order valence-corrected chi connectivity index (χ3v) is 3.36. The van der Waals surface area contributed by atoms with E-state index in [1.54, 1.807) is 0 Å². The maximum Gasteiger partial charge on any atom is 0.187 e. The van der Waals surface area contributed by atoms with E-state index in [9.17, 15) is 4.79 Å². The van der Waals surface area contributed by atoms with Crippen LogP contribution in [0.1, 0.15) is 18.1 Å². The van der Waals surface area contributed by atoms with E-state index in [-0.39, 0.29) is 0 Å². The van der Waals surface area contributed by atoms with Gasteiger partial charge in [-0.3, -0.25) is 4.79 Å². The Hall–Kier alpha value is -2.13. The molecule has 3 heteroatoms. The molecular weight excluding hydrogens is 262 g/mol. The summed E-state index contributed by atoms with van der Waals surface area (Å²) in [6.45, 7) is 5.19. The van der Waals surface area contributed by atoms with E-state index in [4.69, 9.17) is 4.74 Å². The average Bonchev–Trinajstić information content (AvgIpc) is 2.52. The number of aryl methyl sites for hydroxylation is 1. The number of aldehydes is 1. The third kappa shape index (κ3) is 4.17. The molecule has 0 spiro atoms. The summed E-state index contributed by atoms with van der Waals surface area (Å²) in [6.07, 6.45) is 0.284. The molecule has 0 aromatic heterocycles. The van der Waals surface area contributed by atoms with Crippen LogP contribution in [0.15, 0.2) is 54.6 Å². The normalized spacial score (nSPS) is 11.9. The second kappa shape index (κ2) is 7.60. The van der Waals surface area contributed by atoms with Crippen LogP contribution in [-0.2, 0) is 16.1 Å². The Bertz CT molecular complexity index is 568. The number of hydrogen-bond acceptors (Lipinski definition) is 3. The number of hydrogen-bond donors (Lipinski definition) is 0. The zero-order chi connectivity index (χ0) is 15.1. The van der Waals surface area contributed by atoms with Crippen LogP contribution >= 0.6 is 0 Å². The SMILES string of the molecule is CCN(c1cccc(C)c1)C(C=O)OCc1ccccc1. The second-order valence-corrected chi connectivity index (χ2v) is 4.95. The van der Waals surface area contributed by atoms with Gasteiger partial charge in [-0.15, -0.1) is 0 Å². The van der Waals surface area contributed by atoms with E-state index in [0.29, 0.717) is 13.2 Å². The number of carbonyl (C=O) groups excluding carboxylic acids is 1. The van der Waals surface area contributed by atoms with Crippen LogP contribution in [0.5, 0.6) is 0 Å². The van der Waals surface area contributed by atoms with E-state index in [1.165, 1.54) is 5.56 Å². The summed E-state index contributed by atoms with van der Waals surface area (Å²) in [5, 5.41) is 0. The Morgan fingerprint density at radius 3 is 2.52 bits per heavy atom. The highest BCUT2D eigenvalue weighted by Gasteiger charge is 2.17. The largest absolute Gasteiger partial charge is 0.347 e. The van der Waals surface area contributed by atoms with Crippen molar-refractivity contribution in [3.63, 3.8) is 0 Å². The predicted molar refractivity (Wildman–Crippen MR) is 85.3 cm³/mol. The molecular formula is C18H21NO2. The molecule has 0 radical (unpaired) electrons. The molecule has 1 atom stereocenters. The van der Waals surface area contributed by atoms with Crippen molar-refractivity contribution in [2.75, 3.05) is 11.4 Å². The summed E-state index contributed by atoms with van der Waals surface area (Å²) in [7, 11) is 0. The third-order valence-electron chi connectivity index (χ3n) is 3.36. The molecule has 0 heterocycles. The standard InChI is InChI=1S/C18H21NO2/c1-3-19(17-11-7-8-15(2)12-17)18(13-20)21-14-16-9-5-4-6-10-16/h4-13,18H,3,14H2,1-2H3. The molecule has 0 bridgehead atoms. The highest BCUT2D eigenvalue weighted by atomic mass is 16.5. The van der Waals surface area contributed by atoms with E-state index >= 15 is 0 Å². The zero-order valence-corrected chi connectivity index (χ0v) is 12.5. The van der Waals surface area contributed by atoms with Crippen molar-refractivity contribution in [2.24, 2.45) is 0 Å². The number of anilines is 1. The Morgan fingerprint density at radius 2 is 1.90 bits per heavy atom. The Morgan fingerprint density at radius 1 is 1.14 bits per heavy atom. The molecule has 21 heavy (non-hydrogen) atoms. The van der Waals surface area contributed by atoms with Gasteiger partial charge in [-0.25, -0.2) is 0 Å². The second-order valence-electron chi connectivity index (χ2n) is 4.95. The summed E-state index contributed by atoms with van der Waals surface area (Å²) in [6, 6.07) is 18.0. The molecule has 3 nitrogen and oxygen atoms in total. The smallest absolute Gasteiger partial charge is 0.187 e. The van der Waals surface area contributed by atoms with Crippen molar-refractivity contribution in [3.8, 4) is 0 Å². The van der Waals surface area contributed by atoms with Crippen LogP contribution in [0.25, 0.3) is 0 Å². The van der Waals surface area contributed by atoms with Gasteiger partial charge in [0, 0.05) is 12.2 Å². The van der Waals surface area contributed by atoms with Gasteiger partial charge in [-0.05, 0) is 37.1 Å². The Balaban J connectivity index is 2.09. The van der Waals surface area contributed by atoms with E-state index < -0.39 is 6.23 Å². The van der Waals surface area contributed by atoms with Crippen LogP contribution in [-0.4, -0.2) is 19.1 Å². The molecule has 0 fully saturated rings. The molecule has 0 aliphatic heterocycles. The van der Waals surface area contributed by atoms with Crippen molar-refractivity contribution in [2.45, 2.75) is 26.7 Å². The number of benzene rings is 2. The number of nitrogens with zero attached hydrogens (tertiary/aromatic N) is 1. The van der Waals surface area contributed by atoms with Crippen LogP contribution in [0.4, 0.5) is 5.69 Å². The van der Waals surface area contributed by atoms with Gasteiger partial charge >= 0.3 is 0 Å². The number of rotatable bonds is 7. The minimum absolute atomic E-state index is 0.423.